The summed E-state index contributed by atoms with van der Waals surface area (Å²) in [6, 6.07) is 91.0. The van der Waals surface area contributed by atoms with Gasteiger partial charge >= 0.3 is 25.8 Å². The van der Waals surface area contributed by atoms with Gasteiger partial charge in [-0.1, -0.05) is 255 Å². The second kappa shape index (κ2) is 34.7. The summed E-state index contributed by atoms with van der Waals surface area (Å²) >= 11 is 23.9. The Bertz CT molecular complexity index is 3780. The van der Waals surface area contributed by atoms with E-state index in [2.05, 4.69) is 281 Å². The fourth-order valence-corrected chi connectivity index (χ4v) is 12.5. The van der Waals surface area contributed by atoms with Crippen molar-refractivity contribution in [3.05, 3.63) is 304 Å². The van der Waals surface area contributed by atoms with Crippen molar-refractivity contribution in [2.24, 2.45) is 0 Å². The Morgan fingerprint density at radius 1 is 0.402 bits per heavy atom. The van der Waals surface area contributed by atoms with Crippen molar-refractivity contribution >= 4 is 193 Å². The average molecular weight is 1640 g/mol. The SMILES string of the molecule is Brc1ccc(N2c3ccccc3Oc3ccccc32)cc1.Brc1ccccc1B(c1ccc(N2c3ccccc3Oc3ccccc32)cc1)c1ccccc1Br.Brc1ccccc1I.COB(c1ccccc1Br)c1ccccc1Br.F.[CH2-]CCC.[Li+]. The molecular formula is C71H57B2Br6FILiN2O3. The minimum absolute atomic E-state index is 0. The molecule has 0 aromatic heterocycles. The Hall–Kier alpha value is -5.15. The molecule has 13 rings (SSSR count). The molecule has 432 valence electrons. The number of ether oxygens (including phenoxy) is 2. The molecule has 0 aliphatic carbocycles. The van der Waals surface area contributed by atoms with Crippen LogP contribution in [0.2, 0.25) is 0 Å². The molecule has 11 aromatic rings. The Labute approximate surface area is 588 Å². The number of hydrogen-bond donors (Lipinski definition) is 0. The summed E-state index contributed by atoms with van der Waals surface area (Å²) in [4.78, 5) is 4.49. The van der Waals surface area contributed by atoms with Crippen LogP contribution in [0.5, 0.6) is 23.0 Å². The van der Waals surface area contributed by atoms with Crippen molar-refractivity contribution in [3.8, 4) is 23.0 Å². The molecule has 0 unspecified atom stereocenters. The summed E-state index contributed by atoms with van der Waals surface area (Å²) in [5, 5.41) is 0. The zero-order valence-corrected chi connectivity index (χ0v) is 59.5. The minimum Gasteiger partial charge on any atom is -0.453 e. The van der Waals surface area contributed by atoms with Gasteiger partial charge in [0.25, 0.3) is 0 Å². The molecule has 0 fully saturated rings. The number of anilines is 6. The van der Waals surface area contributed by atoms with Crippen molar-refractivity contribution in [3.63, 3.8) is 0 Å². The predicted molar refractivity (Wildman–Crippen MR) is 393 cm³/mol. The van der Waals surface area contributed by atoms with Crippen LogP contribution in [0.25, 0.3) is 0 Å². The quantitative estimate of drug-likeness (QED) is 0.0817. The molecule has 0 atom stereocenters. The molecular weight excluding hydrogens is 1580 g/mol. The summed E-state index contributed by atoms with van der Waals surface area (Å²) in [6.07, 6.45) is 2.28. The van der Waals surface area contributed by atoms with Crippen LogP contribution < -0.4 is 65.4 Å². The number of halogens is 8. The smallest absolute Gasteiger partial charge is 0.453 e. The van der Waals surface area contributed by atoms with Gasteiger partial charge in [-0.3, -0.25) is 4.70 Å². The van der Waals surface area contributed by atoms with E-state index in [1.807, 2.05) is 127 Å². The number of unbranched alkanes of at least 4 members (excludes halogenated alkanes) is 1. The molecule has 0 spiro atoms. The third-order valence-corrected chi connectivity index (χ3v) is 19.4. The zero-order chi connectivity index (χ0) is 59.7. The van der Waals surface area contributed by atoms with Crippen LogP contribution in [0.3, 0.4) is 0 Å². The molecule has 0 bridgehead atoms. The Balaban J connectivity index is 0.000000178. The van der Waals surface area contributed by atoms with Crippen molar-refractivity contribution in [2.75, 3.05) is 16.9 Å². The van der Waals surface area contributed by atoms with Gasteiger partial charge in [0.15, 0.2) is 23.0 Å². The van der Waals surface area contributed by atoms with Gasteiger partial charge in [-0.2, -0.15) is 6.42 Å². The Kier molecular flexibility index (Phi) is 27.7. The molecule has 0 amide bonds. The van der Waals surface area contributed by atoms with Crippen molar-refractivity contribution in [1.82, 2.24) is 0 Å². The van der Waals surface area contributed by atoms with Crippen molar-refractivity contribution in [1.29, 1.82) is 0 Å². The fraction of sp³-hybridized carbons (Fsp3) is 0.0563. The largest absolute Gasteiger partial charge is 1.00 e. The summed E-state index contributed by atoms with van der Waals surface area (Å²) in [6.45, 7) is 5.74. The van der Waals surface area contributed by atoms with E-state index in [9.17, 15) is 0 Å². The molecule has 0 saturated carbocycles. The van der Waals surface area contributed by atoms with Crippen molar-refractivity contribution in [2.45, 2.75) is 19.8 Å². The van der Waals surface area contributed by atoms with Crippen LogP contribution in [-0.4, -0.2) is 20.7 Å². The van der Waals surface area contributed by atoms with E-state index in [1.165, 1.54) is 30.9 Å². The summed E-state index contributed by atoms with van der Waals surface area (Å²) in [5.41, 5.74) is 12.3. The van der Waals surface area contributed by atoms with Gasteiger partial charge in [0.05, 0.1) is 22.7 Å². The first-order valence-electron chi connectivity index (χ1n) is 27.4. The van der Waals surface area contributed by atoms with E-state index in [1.54, 1.807) is 7.11 Å². The van der Waals surface area contributed by atoms with Gasteiger partial charge in [0.2, 0.25) is 6.71 Å². The summed E-state index contributed by atoms with van der Waals surface area (Å²) in [5.74, 6) is 3.46. The van der Waals surface area contributed by atoms with E-state index >= 15 is 0 Å². The topological polar surface area (TPSA) is 34.2 Å². The van der Waals surface area contributed by atoms with Crippen LogP contribution in [0.4, 0.5) is 38.8 Å². The minimum atomic E-state index is -0.0684. The van der Waals surface area contributed by atoms with E-state index in [-0.39, 0.29) is 37.2 Å². The van der Waals surface area contributed by atoms with E-state index in [0.717, 1.165) is 96.8 Å². The number of nitrogens with zero attached hydrogens (tertiary/aromatic N) is 2. The standard InChI is InChI=1S/C30H20BBr2NO.C18H12BrNO.C13H11BBr2O.C6H4BrI.C4H9.FH.Li/c32-25-11-3-1-9-23(25)31(24-10-2-4-12-26(24)33)21-17-19-22(20-18-21)34-27-13-5-7-15-29(27)35-30-16-8-6-14-28(30)34;19-13-9-11-14(12-10-13)20-15-5-1-3-7-17(15)21-18-8-4-2-6-16(18)20;1-17-14(10-6-2-4-8-12(10)15)11-7-3-5-9-13(11)16;7-5-3-1-2-4-6(5)8;1-3-4-2;;/h1-20H;1-12H;2-9H,1H3;1-4H;1,3-4H2,2H3;1H;/q;;;;-1;;+1. The molecule has 0 radical (unpaired) electrons. The third-order valence-electron chi connectivity index (χ3n) is 13.7. The molecule has 5 nitrogen and oxygen atoms in total. The monoisotopic (exact) mass is 1630 g/mol. The maximum Gasteiger partial charge on any atom is 1.00 e. The molecule has 0 N–H and O–H groups in total. The normalized spacial score (nSPS) is 11.0. The van der Waals surface area contributed by atoms with Crippen LogP contribution >= 0.6 is 118 Å². The zero-order valence-electron chi connectivity index (χ0n) is 47.9. The number of rotatable bonds is 9. The van der Waals surface area contributed by atoms with E-state index in [4.69, 9.17) is 14.1 Å². The molecule has 2 aliphatic heterocycles. The molecule has 2 heterocycles. The van der Waals surface area contributed by atoms with Gasteiger partial charge in [0.1, 0.15) is 0 Å². The van der Waals surface area contributed by atoms with Gasteiger partial charge in [-0.25, -0.2) is 0 Å². The Morgan fingerprint density at radius 3 is 0.989 bits per heavy atom. The van der Waals surface area contributed by atoms with Gasteiger partial charge in [-0.05, 0) is 171 Å². The van der Waals surface area contributed by atoms with Crippen LogP contribution in [-0.2, 0) is 4.65 Å². The van der Waals surface area contributed by atoms with Gasteiger partial charge < -0.3 is 30.9 Å². The Morgan fingerprint density at radius 2 is 0.690 bits per heavy atom. The molecule has 87 heavy (non-hydrogen) atoms. The first kappa shape index (κ1) is 69.3. The molecule has 2 aliphatic rings. The first-order valence-corrected chi connectivity index (χ1v) is 33.2. The van der Waals surface area contributed by atoms with Crippen molar-refractivity contribution < 1.29 is 37.7 Å². The van der Waals surface area contributed by atoms with E-state index < -0.39 is 0 Å². The maximum atomic E-state index is 6.18. The predicted octanol–water partition coefficient (Wildman–Crippen LogP) is 18.1. The summed E-state index contributed by atoms with van der Waals surface area (Å²) in [7, 11) is 1.73. The first-order chi connectivity index (χ1) is 41.5. The van der Waals surface area contributed by atoms with Gasteiger partial charge in [0, 0.05) is 48.9 Å². The second-order valence-electron chi connectivity index (χ2n) is 19.2. The molecule has 16 heteroatoms. The molecule has 0 saturated heterocycles. The number of fused-ring (bicyclic) bond motifs is 4. The number of para-hydroxylation sites is 8. The van der Waals surface area contributed by atoms with Crippen LogP contribution in [0, 0.1) is 10.5 Å². The van der Waals surface area contributed by atoms with Gasteiger partial charge in [-0.15, -0.1) is 0 Å². The number of benzene rings is 11. The second-order valence-corrected chi connectivity index (χ2v) is 25.6. The number of hydrogen-bond acceptors (Lipinski definition) is 5. The average Bonchev–Trinajstić information content (AvgIpc) is 1.49. The fourth-order valence-electron chi connectivity index (χ4n) is 9.55. The third kappa shape index (κ3) is 17.6. The summed E-state index contributed by atoms with van der Waals surface area (Å²) < 4.78 is 25.6. The molecule has 11 aromatic carbocycles. The van der Waals surface area contributed by atoms with Crippen LogP contribution in [0.15, 0.2) is 294 Å². The van der Waals surface area contributed by atoms with Crippen LogP contribution in [0.1, 0.15) is 19.8 Å². The maximum absolute atomic E-state index is 6.18. The van der Waals surface area contributed by atoms with E-state index in [0.29, 0.717) is 0 Å².